The molecule has 0 radical (unpaired) electrons. The molecule has 24 heavy (non-hydrogen) atoms. The normalized spacial score (nSPS) is 15.2. The van der Waals surface area contributed by atoms with Gasteiger partial charge >= 0.3 is 0 Å². The van der Waals surface area contributed by atoms with Crippen LogP contribution in [0.5, 0.6) is 5.75 Å². The maximum atomic E-state index is 11.8. The number of carbonyl (C=O) groups is 1. The number of guanidine groups is 1. The van der Waals surface area contributed by atoms with E-state index in [0.717, 1.165) is 24.2 Å². The zero-order valence-electron chi connectivity index (χ0n) is 14.8. The van der Waals surface area contributed by atoms with Gasteiger partial charge in [-0.25, -0.2) is 4.99 Å². The van der Waals surface area contributed by atoms with Crippen molar-refractivity contribution in [2.24, 2.45) is 4.99 Å². The van der Waals surface area contributed by atoms with Gasteiger partial charge in [0.05, 0.1) is 20.2 Å². The van der Waals surface area contributed by atoms with E-state index in [0.29, 0.717) is 18.5 Å². The Hall–Kier alpha value is -2.24. The van der Waals surface area contributed by atoms with Crippen LogP contribution in [0.3, 0.4) is 0 Å². The fourth-order valence-corrected chi connectivity index (χ4v) is 2.67. The number of rotatable bonds is 6. The average molecular weight is 332 g/mol. The Labute approximate surface area is 144 Å². The summed E-state index contributed by atoms with van der Waals surface area (Å²) < 4.78 is 5.24. The van der Waals surface area contributed by atoms with Gasteiger partial charge in [-0.15, -0.1) is 0 Å². The van der Waals surface area contributed by atoms with E-state index in [1.807, 2.05) is 24.3 Å². The van der Waals surface area contributed by atoms with Crippen molar-refractivity contribution in [3.63, 3.8) is 0 Å². The second-order valence-corrected chi connectivity index (χ2v) is 6.28. The van der Waals surface area contributed by atoms with Gasteiger partial charge in [-0.05, 0) is 30.5 Å². The summed E-state index contributed by atoms with van der Waals surface area (Å²) >= 11 is 0. The van der Waals surface area contributed by atoms with Crippen molar-refractivity contribution in [2.75, 3.05) is 27.7 Å². The predicted molar refractivity (Wildman–Crippen MR) is 96.2 cm³/mol. The number of carbonyl (C=O) groups excluding carboxylic acids is 1. The summed E-state index contributed by atoms with van der Waals surface area (Å²) in [6, 6.07) is 8.30. The summed E-state index contributed by atoms with van der Waals surface area (Å²) in [6.45, 7) is 0.777. The smallest absolute Gasteiger partial charge is 0.241 e. The molecule has 0 saturated heterocycles. The number of nitrogens with zero attached hydrogens (tertiary/aromatic N) is 2. The largest absolute Gasteiger partial charge is 0.497 e. The predicted octanol–water partition coefficient (Wildman–Crippen LogP) is 1.76. The molecule has 1 aliphatic carbocycles. The van der Waals surface area contributed by atoms with Gasteiger partial charge < -0.3 is 20.3 Å². The first-order chi connectivity index (χ1) is 11.6. The van der Waals surface area contributed by atoms with Gasteiger partial charge in [0.1, 0.15) is 5.75 Å². The van der Waals surface area contributed by atoms with Crippen LogP contribution in [0.4, 0.5) is 0 Å². The molecule has 0 unspecified atom stereocenters. The zero-order chi connectivity index (χ0) is 17.4. The maximum Gasteiger partial charge on any atom is 0.241 e. The molecular formula is C18H28N4O2. The van der Waals surface area contributed by atoms with Crippen molar-refractivity contribution in [3.8, 4) is 5.75 Å². The quantitative estimate of drug-likeness (QED) is 0.615. The van der Waals surface area contributed by atoms with Crippen LogP contribution in [-0.2, 0) is 11.3 Å². The molecule has 1 amide bonds. The van der Waals surface area contributed by atoms with Crippen LogP contribution < -0.4 is 15.4 Å². The van der Waals surface area contributed by atoms with Crippen LogP contribution in [0.1, 0.15) is 31.2 Å². The molecule has 6 nitrogen and oxygen atoms in total. The highest BCUT2D eigenvalue weighted by Gasteiger charge is 2.16. The van der Waals surface area contributed by atoms with Gasteiger partial charge in [0, 0.05) is 20.1 Å². The van der Waals surface area contributed by atoms with Gasteiger partial charge in [0.15, 0.2) is 5.96 Å². The summed E-state index contributed by atoms with van der Waals surface area (Å²) in [7, 11) is 5.16. The Balaban J connectivity index is 2.00. The molecule has 0 aromatic heterocycles. The average Bonchev–Trinajstić information content (AvgIpc) is 3.10. The number of methoxy groups -OCH3 is 1. The number of amides is 1. The number of benzene rings is 1. The van der Waals surface area contributed by atoms with Crippen molar-refractivity contribution in [1.82, 2.24) is 15.5 Å². The second-order valence-electron chi connectivity index (χ2n) is 6.28. The van der Waals surface area contributed by atoms with E-state index in [9.17, 15) is 4.79 Å². The molecule has 1 saturated carbocycles. The van der Waals surface area contributed by atoms with Gasteiger partial charge in [0.2, 0.25) is 5.91 Å². The van der Waals surface area contributed by atoms with Crippen molar-refractivity contribution in [3.05, 3.63) is 29.8 Å². The molecule has 0 atom stereocenters. The topological polar surface area (TPSA) is 66.0 Å². The number of aliphatic imine (C=N–C) groups is 1. The van der Waals surface area contributed by atoms with E-state index in [2.05, 4.69) is 15.6 Å². The van der Waals surface area contributed by atoms with Gasteiger partial charge in [-0.1, -0.05) is 25.0 Å². The van der Waals surface area contributed by atoms with E-state index >= 15 is 0 Å². The minimum Gasteiger partial charge on any atom is -0.497 e. The molecular weight excluding hydrogens is 304 g/mol. The summed E-state index contributed by atoms with van der Waals surface area (Å²) in [5, 5.41) is 6.59. The fourth-order valence-electron chi connectivity index (χ4n) is 2.67. The Morgan fingerprint density at radius 3 is 2.75 bits per heavy atom. The minimum absolute atomic E-state index is 0.0253. The molecule has 0 bridgehead atoms. The zero-order valence-corrected chi connectivity index (χ0v) is 14.8. The Bertz CT molecular complexity index is 566. The van der Waals surface area contributed by atoms with Crippen LogP contribution in [0.15, 0.2) is 29.3 Å². The molecule has 132 valence electrons. The SMILES string of the molecule is COc1cccc(CN=C(NCC(=O)N(C)C)NC2CCCC2)c1. The number of hydrogen-bond acceptors (Lipinski definition) is 3. The molecule has 1 aromatic rings. The molecule has 2 rings (SSSR count). The first-order valence-electron chi connectivity index (χ1n) is 8.46. The minimum atomic E-state index is 0.0253. The highest BCUT2D eigenvalue weighted by atomic mass is 16.5. The lowest BCUT2D eigenvalue weighted by Gasteiger charge is -2.18. The van der Waals surface area contributed by atoms with Crippen LogP contribution in [0, 0.1) is 0 Å². The molecule has 0 aliphatic heterocycles. The van der Waals surface area contributed by atoms with Crippen LogP contribution in [0.25, 0.3) is 0 Å². The number of ether oxygens (including phenoxy) is 1. The first-order valence-corrected chi connectivity index (χ1v) is 8.46. The van der Waals surface area contributed by atoms with E-state index in [4.69, 9.17) is 4.74 Å². The summed E-state index contributed by atoms with van der Waals surface area (Å²) in [6.07, 6.45) is 4.80. The standard InChI is InChI=1S/C18H28N4O2/c1-22(2)17(23)13-20-18(21-15-8-4-5-9-15)19-12-14-7-6-10-16(11-14)24-3/h6-7,10-11,15H,4-5,8-9,12-13H2,1-3H3,(H2,19,20,21). The van der Waals surface area contributed by atoms with Crippen LogP contribution in [0.2, 0.25) is 0 Å². The molecule has 1 fully saturated rings. The maximum absolute atomic E-state index is 11.8. The fraction of sp³-hybridized carbons (Fsp3) is 0.556. The number of hydrogen-bond donors (Lipinski definition) is 2. The van der Waals surface area contributed by atoms with Crippen LogP contribution >= 0.6 is 0 Å². The number of nitrogens with one attached hydrogen (secondary N) is 2. The third-order valence-electron chi connectivity index (χ3n) is 4.16. The van der Waals surface area contributed by atoms with Gasteiger partial charge in [0.25, 0.3) is 0 Å². The first kappa shape index (κ1) is 18.1. The Kier molecular flexibility index (Phi) is 6.90. The molecule has 2 N–H and O–H groups in total. The van der Waals surface area contributed by atoms with E-state index in [1.54, 1.807) is 26.1 Å². The molecule has 1 aliphatic rings. The van der Waals surface area contributed by atoms with E-state index in [-0.39, 0.29) is 12.5 Å². The Morgan fingerprint density at radius 2 is 2.08 bits per heavy atom. The lowest BCUT2D eigenvalue weighted by molar-refractivity contribution is -0.127. The van der Waals surface area contributed by atoms with Crippen LogP contribution in [-0.4, -0.2) is 50.6 Å². The monoisotopic (exact) mass is 332 g/mol. The Morgan fingerprint density at radius 1 is 1.33 bits per heavy atom. The van der Waals surface area contributed by atoms with E-state index in [1.165, 1.54) is 12.8 Å². The lowest BCUT2D eigenvalue weighted by atomic mass is 10.2. The third-order valence-corrected chi connectivity index (χ3v) is 4.16. The van der Waals surface area contributed by atoms with Gasteiger partial charge in [-0.2, -0.15) is 0 Å². The van der Waals surface area contributed by atoms with Gasteiger partial charge in [-0.3, -0.25) is 4.79 Å². The molecule has 6 heteroatoms. The van der Waals surface area contributed by atoms with Crippen molar-refractivity contribution >= 4 is 11.9 Å². The van der Waals surface area contributed by atoms with Crippen molar-refractivity contribution in [1.29, 1.82) is 0 Å². The second kappa shape index (κ2) is 9.15. The molecule has 0 spiro atoms. The van der Waals surface area contributed by atoms with E-state index < -0.39 is 0 Å². The summed E-state index contributed by atoms with van der Waals surface area (Å²) in [5.41, 5.74) is 1.07. The summed E-state index contributed by atoms with van der Waals surface area (Å²) in [4.78, 5) is 18.0. The third kappa shape index (κ3) is 5.76. The highest BCUT2D eigenvalue weighted by molar-refractivity contribution is 5.86. The summed E-state index contributed by atoms with van der Waals surface area (Å²) in [5.74, 6) is 1.54. The lowest BCUT2D eigenvalue weighted by Crippen LogP contribution is -2.46. The number of likely N-dealkylation sites (N-methyl/N-ethyl adjacent to an activating group) is 1. The van der Waals surface area contributed by atoms with Crippen molar-refractivity contribution < 1.29 is 9.53 Å². The molecule has 0 heterocycles. The van der Waals surface area contributed by atoms with Crippen molar-refractivity contribution in [2.45, 2.75) is 38.3 Å². The highest BCUT2D eigenvalue weighted by Crippen LogP contribution is 2.17. The molecule has 1 aromatic carbocycles.